The summed E-state index contributed by atoms with van der Waals surface area (Å²) in [7, 11) is 0. The second-order valence-corrected chi connectivity index (χ2v) is 5.34. The minimum Gasteiger partial charge on any atom is -0.464 e. The lowest BCUT2D eigenvalue weighted by Crippen LogP contribution is -2.04. The average Bonchev–Trinajstić information content (AvgIpc) is 2.47. The van der Waals surface area contributed by atoms with Crippen LogP contribution in [0.3, 0.4) is 0 Å². The number of rotatable bonds is 4. The molecule has 5 nitrogen and oxygen atoms in total. The van der Waals surface area contributed by atoms with Gasteiger partial charge >= 0.3 is 6.01 Å². The molecule has 0 atom stereocenters. The maximum atomic E-state index is 5.68. The maximum absolute atomic E-state index is 5.68. The molecule has 2 N–H and O–H groups in total. The Hall–Kier alpha value is -2.34. The zero-order valence-electron chi connectivity index (χ0n) is 11.5. The molecule has 0 fully saturated rings. The van der Waals surface area contributed by atoms with Crippen LogP contribution in [0.5, 0.6) is 6.01 Å². The van der Waals surface area contributed by atoms with Crippen molar-refractivity contribution >= 4 is 28.5 Å². The molecule has 2 aromatic carbocycles. The summed E-state index contributed by atoms with van der Waals surface area (Å²) in [6.07, 6.45) is 0. The summed E-state index contributed by atoms with van der Waals surface area (Å²) in [6, 6.07) is 14.7. The average molecular weight is 298 g/mol. The minimum absolute atomic E-state index is 0.164. The number of nitrogens with zero attached hydrogens (tertiary/aromatic N) is 3. The molecule has 106 valence electrons. The van der Waals surface area contributed by atoms with Gasteiger partial charge in [-0.15, -0.1) is 0 Å². The highest BCUT2D eigenvalue weighted by Crippen LogP contribution is 2.28. The van der Waals surface area contributed by atoms with Crippen LogP contribution in [-0.4, -0.2) is 21.6 Å². The van der Waals surface area contributed by atoms with Gasteiger partial charge in [0.05, 0.1) is 6.61 Å². The fourth-order valence-corrected chi connectivity index (χ4v) is 2.72. The summed E-state index contributed by atoms with van der Waals surface area (Å²) >= 11 is 1.43. The fraction of sp³-hybridized carbons (Fsp3) is 0.133. The monoisotopic (exact) mass is 298 g/mol. The molecule has 0 aliphatic heterocycles. The van der Waals surface area contributed by atoms with Crippen LogP contribution < -0.4 is 10.5 Å². The lowest BCUT2D eigenvalue weighted by Gasteiger charge is -2.05. The molecule has 0 aliphatic rings. The smallest absolute Gasteiger partial charge is 0.322 e. The molecule has 1 heterocycles. The molecule has 0 spiro atoms. The first-order valence-electron chi connectivity index (χ1n) is 6.55. The number of ether oxygens (including phenoxy) is 1. The first-order chi connectivity index (χ1) is 10.2. The van der Waals surface area contributed by atoms with Gasteiger partial charge in [-0.05, 0) is 41.6 Å². The Bertz CT molecular complexity index is 778. The van der Waals surface area contributed by atoms with Gasteiger partial charge in [0.1, 0.15) is 0 Å². The second kappa shape index (κ2) is 5.97. The maximum Gasteiger partial charge on any atom is 0.322 e. The third-order valence-electron chi connectivity index (χ3n) is 2.82. The largest absolute Gasteiger partial charge is 0.464 e. The van der Waals surface area contributed by atoms with Crippen molar-refractivity contribution in [3.8, 4) is 6.01 Å². The van der Waals surface area contributed by atoms with Crippen molar-refractivity contribution in [2.24, 2.45) is 0 Å². The van der Waals surface area contributed by atoms with E-state index < -0.39 is 0 Å². The van der Waals surface area contributed by atoms with Gasteiger partial charge in [-0.2, -0.15) is 15.0 Å². The van der Waals surface area contributed by atoms with Gasteiger partial charge in [-0.25, -0.2) is 0 Å². The van der Waals surface area contributed by atoms with Crippen molar-refractivity contribution < 1.29 is 4.74 Å². The highest BCUT2D eigenvalue weighted by Gasteiger charge is 2.07. The molecule has 0 radical (unpaired) electrons. The quantitative estimate of drug-likeness (QED) is 0.797. The Morgan fingerprint density at radius 3 is 2.67 bits per heavy atom. The molecule has 3 rings (SSSR count). The Kier molecular flexibility index (Phi) is 3.87. The first kappa shape index (κ1) is 13.6. The molecular formula is C15H14N4OS. The van der Waals surface area contributed by atoms with Crippen LogP contribution in [0.4, 0.5) is 5.95 Å². The molecule has 6 heteroatoms. The molecule has 0 aliphatic carbocycles. The summed E-state index contributed by atoms with van der Waals surface area (Å²) < 4.78 is 5.28. The van der Waals surface area contributed by atoms with E-state index in [-0.39, 0.29) is 12.0 Å². The zero-order chi connectivity index (χ0) is 14.7. The van der Waals surface area contributed by atoms with Crippen molar-refractivity contribution in [1.29, 1.82) is 0 Å². The van der Waals surface area contributed by atoms with Crippen molar-refractivity contribution in [3.63, 3.8) is 0 Å². The van der Waals surface area contributed by atoms with Gasteiger partial charge in [-0.1, -0.05) is 30.3 Å². The van der Waals surface area contributed by atoms with Crippen LogP contribution in [0.15, 0.2) is 52.5 Å². The number of nitrogen functional groups attached to an aromatic ring is 1. The van der Waals surface area contributed by atoms with E-state index in [0.717, 1.165) is 4.90 Å². The molecular weight excluding hydrogens is 284 g/mol. The van der Waals surface area contributed by atoms with E-state index in [0.29, 0.717) is 11.8 Å². The predicted molar refractivity (Wildman–Crippen MR) is 83.5 cm³/mol. The SMILES string of the molecule is CCOc1nc(N)nc(Sc2ccc3ccccc3c2)n1. The molecule has 0 bridgehead atoms. The number of nitrogens with two attached hydrogens (primary N) is 1. The molecule has 21 heavy (non-hydrogen) atoms. The van der Waals surface area contributed by atoms with E-state index in [9.17, 15) is 0 Å². The van der Waals surface area contributed by atoms with E-state index in [1.807, 2.05) is 25.1 Å². The fourth-order valence-electron chi connectivity index (χ4n) is 1.93. The highest BCUT2D eigenvalue weighted by molar-refractivity contribution is 7.99. The third-order valence-corrected chi connectivity index (χ3v) is 3.67. The Morgan fingerprint density at radius 2 is 1.86 bits per heavy atom. The van der Waals surface area contributed by atoms with Crippen LogP contribution in [0.2, 0.25) is 0 Å². The van der Waals surface area contributed by atoms with Crippen LogP contribution in [0.1, 0.15) is 6.92 Å². The van der Waals surface area contributed by atoms with Gasteiger partial charge in [-0.3, -0.25) is 0 Å². The van der Waals surface area contributed by atoms with Gasteiger partial charge < -0.3 is 10.5 Å². The summed E-state index contributed by atoms with van der Waals surface area (Å²) in [4.78, 5) is 13.3. The number of anilines is 1. The third kappa shape index (κ3) is 3.22. The summed E-state index contributed by atoms with van der Waals surface area (Å²) in [5, 5.41) is 2.91. The second-order valence-electron chi connectivity index (χ2n) is 4.30. The van der Waals surface area contributed by atoms with Crippen LogP contribution in [0, 0.1) is 0 Å². The summed E-state index contributed by atoms with van der Waals surface area (Å²) in [5.74, 6) is 0.164. The van der Waals surface area contributed by atoms with Crippen LogP contribution >= 0.6 is 11.8 Å². The van der Waals surface area contributed by atoms with Gasteiger partial charge in [0.2, 0.25) is 11.1 Å². The van der Waals surface area contributed by atoms with Crippen molar-refractivity contribution in [2.45, 2.75) is 17.0 Å². The van der Waals surface area contributed by atoms with E-state index >= 15 is 0 Å². The number of hydrogen-bond acceptors (Lipinski definition) is 6. The number of hydrogen-bond donors (Lipinski definition) is 1. The lowest BCUT2D eigenvalue weighted by atomic mass is 10.1. The van der Waals surface area contributed by atoms with Crippen molar-refractivity contribution in [1.82, 2.24) is 15.0 Å². The van der Waals surface area contributed by atoms with Gasteiger partial charge in [0, 0.05) is 4.90 Å². The van der Waals surface area contributed by atoms with E-state index in [1.165, 1.54) is 22.5 Å². The Balaban J connectivity index is 1.90. The standard InChI is InChI=1S/C15H14N4OS/c1-2-20-14-17-13(16)18-15(19-14)21-12-8-7-10-5-3-4-6-11(10)9-12/h3-9H,2H2,1H3,(H2,16,17,18,19). The van der Waals surface area contributed by atoms with E-state index in [1.54, 1.807) is 0 Å². The van der Waals surface area contributed by atoms with Gasteiger partial charge in [0.15, 0.2) is 0 Å². The van der Waals surface area contributed by atoms with Crippen molar-refractivity contribution in [2.75, 3.05) is 12.3 Å². The van der Waals surface area contributed by atoms with Gasteiger partial charge in [0.25, 0.3) is 0 Å². The topological polar surface area (TPSA) is 73.9 Å². The summed E-state index contributed by atoms with van der Waals surface area (Å²) in [6.45, 7) is 2.36. The van der Waals surface area contributed by atoms with E-state index in [4.69, 9.17) is 10.5 Å². The molecule has 3 aromatic rings. The number of fused-ring (bicyclic) bond motifs is 1. The number of aromatic nitrogens is 3. The highest BCUT2D eigenvalue weighted by atomic mass is 32.2. The lowest BCUT2D eigenvalue weighted by molar-refractivity contribution is 0.308. The summed E-state index contributed by atoms with van der Waals surface area (Å²) in [5.41, 5.74) is 5.68. The first-order valence-corrected chi connectivity index (χ1v) is 7.37. The van der Waals surface area contributed by atoms with Crippen LogP contribution in [-0.2, 0) is 0 Å². The molecule has 0 saturated carbocycles. The normalized spacial score (nSPS) is 10.7. The number of benzene rings is 2. The molecule has 0 saturated heterocycles. The Labute approximate surface area is 126 Å². The molecule has 1 aromatic heterocycles. The van der Waals surface area contributed by atoms with Crippen LogP contribution in [0.25, 0.3) is 10.8 Å². The molecule has 0 amide bonds. The zero-order valence-corrected chi connectivity index (χ0v) is 12.3. The predicted octanol–water partition coefficient (Wildman–Crippen LogP) is 3.16. The van der Waals surface area contributed by atoms with Crippen molar-refractivity contribution in [3.05, 3.63) is 42.5 Å². The molecule has 0 unspecified atom stereocenters. The Morgan fingerprint density at radius 1 is 1.05 bits per heavy atom. The van der Waals surface area contributed by atoms with E-state index in [2.05, 4.69) is 39.2 Å². The minimum atomic E-state index is 0.164.